The summed E-state index contributed by atoms with van der Waals surface area (Å²) >= 11 is 0. The highest BCUT2D eigenvalue weighted by molar-refractivity contribution is 6.01. The molecule has 1 unspecified atom stereocenters. The molecule has 1 fully saturated rings. The molecule has 0 aromatic rings. The van der Waals surface area contributed by atoms with Crippen molar-refractivity contribution in [3.05, 3.63) is 0 Å². The van der Waals surface area contributed by atoms with E-state index in [1.807, 2.05) is 13.8 Å². The van der Waals surface area contributed by atoms with E-state index in [4.69, 9.17) is 4.74 Å². The Kier molecular flexibility index (Phi) is 4.96. The van der Waals surface area contributed by atoms with Crippen LogP contribution >= 0.6 is 0 Å². The number of nitrogens with zero attached hydrogens (tertiary/aromatic N) is 1. The smallest absolute Gasteiger partial charge is 0.248 e. The van der Waals surface area contributed by atoms with Crippen molar-refractivity contribution >= 4 is 11.8 Å². The Morgan fingerprint density at radius 3 is 2.37 bits per heavy atom. The molecule has 1 rings (SSSR count). The van der Waals surface area contributed by atoms with Crippen LogP contribution in [0.5, 0.6) is 0 Å². The number of carbonyl (C=O) groups excluding carboxylic acids is 2. The Morgan fingerprint density at radius 1 is 1.21 bits per heavy atom. The van der Waals surface area contributed by atoms with Crippen LogP contribution in [0.3, 0.4) is 0 Å². The zero-order valence-electron chi connectivity index (χ0n) is 12.7. The average molecular weight is 270 g/mol. The normalized spacial score (nSPS) is 26.5. The first-order valence-corrected chi connectivity index (χ1v) is 7.02. The minimum atomic E-state index is -0.794. The topological polar surface area (TPSA) is 58.6 Å². The van der Waals surface area contributed by atoms with Gasteiger partial charge in [-0.05, 0) is 40.5 Å². The summed E-state index contributed by atoms with van der Waals surface area (Å²) in [6, 6.07) is 0. The number of hydrogen-bond acceptors (Lipinski definition) is 3. The molecule has 1 aliphatic heterocycles. The van der Waals surface area contributed by atoms with Crippen molar-refractivity contribution in [1.29, 1.82) is 0 Å². The van der Waals surface area contributed by atoms with E-state index in [0.29, 0.717) is 26.2 Å². The molecule has 1 saturated heterocycles. The molecular formula is C14H26N2O3. The Bertz CT molecular complexity index is 355. The lowest BCUT2D eigenvalue weighted by molar-refractivity contribution is -0.160. The molecule has 0 bridgehead atoms. The monoisotopic (exact) mass is 270 g/mol. The number of hydrogen-bond donors (Lipinski definition) is 1. The van der Waals surface area contributed by atoms with Gasteiger partial charge in [-0.3, -0.25) is 9.59 Å². The molecule has 5 heteroatoms. The first kappa shape index (κ1) is 16.0. The van der Waals surface area contributed by atoms with E-state index in [-0.39, 0.29) is 11.8 Å². The van der Waals surface area contributed by atoms with E-state index in [1.54, 1.807) is 25.7 Å². The molecule has 110 valence electrons. The van der Waals surface area contributed by atoms with Crippen LogP contribution in [0.1, 0.15) is 47.5 Å². The van der Waals surface area contributed by atoms with Crippen LogP contribution in [0.15, 0.2) is 0 Å². The van der Waals surface area contributed by atoms with Crippen LogP contribution in [0.2, 0.25) is 0 Å². The van der Waals surface area contributed by atoms with Crippen molar-refractivity contribution in [2.75, 3.05) is 19.8 Å². The Labute approximate surface area is 115 Å². The van der Waals surface area contributed by atoms with Crippen LogP contribution in [0, 0.1) is 0 Å². The van der Waals surface area contributed by atoms with Gasteiger partial charge in [0, 0.05) is 19.8 Å². The first-order chi connectivity index (χ1) is 8.79. The summed E-state index contributed by atoms with van der Waals surface area (Å²) in [5, 5.41) is 2.85. The van der Waals surface area contributed by atoms with Crippen molar-refractivity contribution in [3.8, 4) is 0 Å². The third kappa shape index (κ3) is 3.08. The number of ether oxygens (including phenoxy) is 1. The molecule has 19 heavy (non-hydrogen) atoms. The molecule has 0 aromatic carbocycles. The zero-order valence-corrected chi connectivity index (χ0v) is 12.7. The molecule has 1 atom stereocenters. The van der Waals surface area contributed by atoms with Gasteiger partial charge >= 0.3 is 0 Å². The quantitative estimate of drug-likeness (QED) is 0.741. The molecule has 5 nitrogen and oxygen atoms in total. The summed E-state index contributed by atoms with van der Waals surface area (Å²) in [6.07, 6.45) is 1.34. The van der Waals surface area contributed by atoms with E-state index in [0.717, 1.165) is 6.42 Å². The van der Waals surface area contributed by atoms with Crippen molar-refractivity contribution in [2.45, 2.75) is 58.5 Å². The highest BCUT2D eigenvalue weighted by Gasteiger charge is 2.50. The second-order valence-electron chi connectivity index (χ2n) is 5.71. The van der Waals surface area contributed by atoms with Crippen LogP contribution in [0.25, 0.3) is 0 Å². The number of piperazine rings is 1. The number of carbonyl (C=O) groups is 2. The predicted molar refractivity (Wildman–Crippen MR) is 73.7 cm³/mol. The summed E-state index contributed by atoms with van der Waals surface area (Å²) in [7, 11) is 0. The van der Waals surface area contributed by atoms with Gasteiger partial charge in [-0.1, -0.05) is 6.92 Å². The van der Waals surface area contributed by atoms with Crippen molar-refractivity contribution in [1.82, 2.24) is 10.2 Å². The maximum absolute atomic E-state index is 12.6. The molecule has 0 spiro atoms. The second-order valence-corrected chi connectivity index (χ2v) is 5.71. The van der Waals surface area contributed by atoms with Gasteiger partial charge in [0.2, 0.25) is 11.8 Å². The van der Waals surface area contributed by atoms with Gasteiger partial charge in [0.05, 0.1) is 0 Å². The van der Waals surface area contributed by atoms with Gasteiger partial charge in [0.15, 0.2) is 0 Å². The summed E-state index contributed by atoms with van der Waals surface area (Å²) in [6.45, 7) is 11.1. The minimum Gasteiger partial charge on any atom is -0.382 e. The lowest BCUT2D eigenvalue weighted by atomic mass is 9.86. The fourth-order valence-electron chi connectivity index (χ4n) is 2.22. The lowest BCUT2D eigenvalue weighted by Gasteiger charge is -2.48. The van der Waals surface area contributed by atoms with Gasteiger partial charge in [0.25, 0.3) is 0 Å². The van der Waals surface area contributed by atoms with E-state index < -0.39 is 11.1 Å². The van der Waals surface area contributed by atoms with Gasteiger partial charge in [-0.25, -0.2) is 0 Å². The summed E-state index contributed by atoms with van der Waals surface area (Å²) < 4.78 is 5.29. The Morgan fingerprint density at radius 2 is 1.84 bits per heavy atom. The molecule has 1 heterocycles. The van der Waals surface area contributed by atoms with Crippen LogP contribution in [0.4, 0.5) is 0 Å². The maximum atomic E-state index is 12.6. The number of rotatable bonds is 6. The van der Waals surface area contributed by atoms with Gasteiger partial charge in [-0.2, -0.15) is 0 Å². The maximum Gasteiger partial charge on any atom is 0.248 e. The molecule has 1 aliphatic rings. The summed E-state index contributed by atoms with van der Waals surface area (Å²) in [5.74, 6) is -0.0936. The average Bonchev–Trinajstić information content (AvgIpc) is 2.36. The highest BCUT2D eigenvalue weighted by Crippen LogP contribution is 2.28. The van der Waals surface area contributed by atoms with Gasteiger partial charge < -0.3 is 15.0 Å². The Hall–Kier alpha value is -1.10. The van der Waals surface area contributed by atoms with E-state index in [1.165, 1.54) is 0 Å². The highest BCUT2D eigenvalue weighted by atomic mass is 16.5. The second kappa shape index (κ2) is 5.90. The third-order valence-corrected chi connectivity index (χ3v) is 3.92. The SMILES string of the molecule is CCOCCCN1C(=O)C(C)(CC)NC(=O)C1(C)C. The third-order valence-electron chi connectivity index (χ3n) is 3.92. The molecule has 2 amide bonds. The first-order valence-electron chi connectivity index (χ1n) is 7.02. The van der Waals surface area contributed by atoms with Crippen molar-refractivity contribution in [2.24, 2.45) is 0 Å². The minimum absolute atomic E-state index is 0.00361. The molecular weight excluding hydrogens is 244 g/mol. The van der Waals surface area contributed by atoms with Crippen LogP contribution in [-0.4, -0.2) is 47.6 Å². The van der Waals surface area contributed by atoms with Crippen molar-refractivity contribution in [3.63, 3.8) is 0 Å². The fourth-order valence-corrected chi connectivity index (χ4v) is 2.22. The summed E-state index contributed by atoms with van der Waals surface area (Å²) in [4.78, 5) is 26.5. The molecule has 0 aromatic heterocycles. The predicted octanol–water partition coefficient (Wildman–Crippen LogP) is 1.32. The largest absolute Gasteiger partial charge is 0.382 e. The van der Waals surface area contributed by atoms with E-state index >= 15 is 0 Å². The van der Waals surface area contributed by atoms with E-state index in [2.05, 4.69) is 5.32 Å². The summed E-state index contributed by atoms with van der Waals surface area (Å²) in [5.41, 5.74) is -1.57. The Balaban J connectivity index is 2.82. The van der Waals surface area contributed by atoms with Gasteiger partial charge in [-0.15, -0.1) is 0 Å². The number of amides is 2. The van der Waals surface area contributed by atoms with Crippen LogP contribution in [-0.2, 0) is 14.3 Å². The molecule has 0 saturated carbocycles. The molecule has 0 radical (unpaired) electrons. The van der Waals surface area contributed by atoms with Crippen molar-refractivity contribution < 1.29 is 14.3 Å². The number of nitrogens with one attached hydrogen (secondary N) is 1. The zero-order chi connectivity index (χ0) is 14.7. The lowest BCUT2D eigenvalue weighted by Crippen LogP contribution is -2.73. The van der Waals surface area contributed by atoms with Gasteiger partial charge in [0.1, 0.15) is 11.1 Å². The van der Waals surface area contributed by atoms with E-state index in [9.17, 15) is 9.59 Å². The van der Waals surface area contributed by atoms with Crippen LogP contribution < -0.4 is 5.32 Å². The molecule has 0 aliphatic carbocycles. The molecule has 1 N–H and O–H groups in total. The fraction of sp³-hybridized carbons (Fsp3) is 0.857. The standard InChI is InChI=1S/C14H26N2O3/c1-6-14(5)12(18)16(9-8-10-19-7-2)13(3,4)11(17)15-14/h6-10H2,1-5H3,(H,15,17).